The summed E-state index contributed by atoms with van der Waals surface area (Å²) in [5.74, 6) is -0.668. The molecule has 3 heterocycles. The van der Waals surface area contributed by atoms with Crippen molar-refractivity contribution >= 4 is 11.9 Å². The summed E-state index contributed by atoms with van der Waals surface area (Å²) in [6, 6.07) is 9.74. The van der Waals surface area contributed by atoms with E-state index < -0.39 is 0 Å². The highest BCUT2D eigenvalue weighted by Gasteiger charge is 2.32. The number of hydrogen-bond acceptors (Lipinski definition) is 4. The van der Waals surface area contributed by atoms with Crippen molar-refractivity contribution in [1.82, 2.24) is 19.2 Å². The minimum absolute atomic E-state index is 0.213. The summed E-state index contributed by atoms with van der Waals surface area (Å²) in [5, 5.41) is 4.37. The molecule has 1 aliphatic rings. The number of nitrogens with zero attached hydrogens (tertiary/aromatic N) is 4. The van der Waals surface area contributed by atoms with Gasteiger partial charge in [0.15, 0.2) is 5.82 Å². The van der Waals surface area contributed by atoms with Gasteiger partial charge >= 0.3 is 5.97 Å². The second-order valence-corrected chi connectivity index (χ2v) is 7.21. The maximum atomic E-state index is 13.8. The highest BCUT2D eigenvalue weighted by Crippen LogP contribution is 2.25. The summed E-state index contributed by atoms with van der Waals surface area (Å²) >= 11 is 0. The molecule has 7 nitrogen and oxygen atoms in total. The van der Waals surface area contributed by atoms with Crippen LogP contribution in [-0.2, 0) is 9.53 Å². The lowest BCUT2D eigenvalue weighted by Gasteiger charge is -2.31. The normalized spacial score (nSPS) is 16.5. The molecule has 3 aromatic rings. The van der Waals surface area contributed by atoms with Gasteiger partial charge in [-0.05, 0) is 50.1 Å². The molecule has 0 saturated carbocycles. The molecular weight excluding hydrogens is 387 g/mol. The van der Waals surface area contributed by atoms with Crippen LogP contribution in [0.15, 0.2) is 55.0 Å². The van der Waals surface area contributed by atoms with Gasteiger partial charge in [-0.2, -0.15) is 5.10 Å². The van der Waals surface area contributed by atoms with Crippen LogP contribution in [0, 0.1) is 11.7 Å². The first-order valence-electron chi connectivity index (χ1n) is 10.0. The Morgan fingerprint density at radius 1 is 1.23 bits per heavy atom. The molecular formula is C22H23FN4O3. The van der Waals surface area contributed by atoms with E-state index in [0.717, 1.165) is 6.42 Å². The van der Waals surface area contributed by atoms with Crippen LogP contribution in [0.25, 0.3) is 11.5 Å². The zero-order valence-electron chi connectivity index (χ0n) is 16.7. The van der Waals surface area contributed by atoms with E-state index in [1.165, 1.54) is 18.3 Å². The molecule has 0 bridgehead atoms. The molecule has 0 unspecified atom stereocenters. The average Bonchev–Trinajstić information content (AvgIpc) is 3.43. The maximum Gasteiger partial charge on any atom is 0.310 e. The van der Waals surface area contributed by atoms with Gasteiger partial charge in [0.25, 0.3) is 5.91 Å². The van der Waals surface area contributed by atoms with E-state index in [4.69, 9.17) is 4.74 Å². The van der Waals surface area contributed by atoms with Crippen molar-refractivity contribution in [3.63, 3.8) is 0 Å². The molecule has 30 heavy (non-hydrogen) atoms. The second kappa shape index (κ2) is 8.52. The van der Waals surface area contributed by atoms with Crippen molar-refractivity contribution in [2.24, 2.45) is 5.92 Å². The van der Waals surface area contributed by atoms with Gasteiger partial charge < -0.3 is 14.2 Å². The Labute approximate surface area is 173 Å². The van der Waals surface area contributed by atoms with Crippen LogP contribution < -0.4 is 0 Å². The van der Waals surface area contributed by atoms with E-state index in [9.17, 15) is 14.0 Å². The number of halogens is 1. The number of esters is 1. The van der Waals surface area contributed by atoms with Crippen molar-refractivity contribution in [2.45, 2.75) is 19.8 Å². The number of piperidine rings is 1. The molecule has 0 N–H and O–H groups in total. The van der Waals surface area contributed by atoms with Gasteiger partial charge in [0.05, 0.1) is 24.4 Å². The predicted molar refractivity (Wildman–Crippen MR) is 108 cm³/mol. The number of benzene rings is 1. The fourth-order valence-corrected chi connectivity index (χ4v) is 3.80. The lowest BCUT2D eigenvalue weighted by atomic mass is 9.97. The first kappa shape index (κ1) is 19.9. The number of carbonyl (C=O) groups is 2. The topological polar surface area (TPSA) is 69.4 Å². The SMILES string of the molecule is CCOC(=O)[C@H]1CCCN(C(=O)c2cnn(-c3cccc(F)c3)c2-n2cccc2)C1. The minimum atomic E-state index is -0.386. The van der Waals surface area contributed by atoms with Gasteiger partial charge in [0.2, 0.25) is 0 Å². The number of carbonyl (C=O) groups excluding carboxylic acids is 2. The van der Waals surface area contributed by atoms with E-state index in [-0.39, 0.29) is 23.6 Å². The molecule has 0 spiro atoms. The molecule has 8 heteroatoms. The van der Waals surface area contributed by atoms with Gasteiger partial charge in [0, 0.05) is 25.5 Å². The number of rotatable bonds is 5. The summed E-state index contributed by atoms with van der Waals surface area (Å²) < 4.78 is 22.3. The molecule has 2 aromatic heterocycles. The van der Waals surface area contributed by atoms with Crippen molar-refractivity contribution in [3.05, 3.63) is 66.4 Å². The summed E-state index contributed by atoms with van der Waals surface area (Å²) in [7, 11) is 0. The average molecular weight is 410 g/mol. The molecule has 1 atom stereocenters. The highest BCUT2D eigenvalue weighted by molar-refractivity contribution is 5.97. The summed E-state index contributed by atoms with van der Waals surface area (Å²) in [6.45, 7) is 2.97. The Kier molecular flexibility index (Phi) is 5.65. The number of likely N-dealkylation sites (tertiary alicyclic amines) is 1. The van der Waals surface area contributed by atoms with Crippen LogP contribution in [0.5, 0.6) is 0 Å². The molecule has 1 amide bonds. The summed E-state index contributed by atoms with van der Waals surface area (Å²) in [5.41, 5.74) is 0.903. The van der Waals surface area contributed by atoms with Crippen LogP contribution in [0.2, 0.25) is 0 Å². The Morgan fingerprint density at radius 3 is 2.77 bits per heavy atom. The van der Waals surface area contributed by atoms with Gasteiger partial charge in [-0.15, -0.1) is 0 Å². The van der Waals surface area contributed by atoms with Crippen LogP contribution in [0.3, 0.4) is 0 Å². The molecule has 1 aliphatic heterocycles. The molecule has 4 rings (SSSR count). The molecule has 156 valence electrons. The standard InChI is InChI=1S/C22H23FN4O3/c1-2-30-22(29)16-7-6-12-26(15-16)21(28)19-14-24-27(18-9-5-8-17(23)13-18)20(19)25-10-3-4-11-25/h3-5,8-11,13-14,16H,2,6-7,12,15H2,1H3/t16-/m0/s1. The zero-order chi connectivity index (χ0) is 21.1. The number of aromatic nitrogens is 3. The Hall–Kier alpha value is -3.42. The smallest absolute Gasteiger partial charge is 0.310 e. The molecule has 0 aliphatic carbocycles. The van der Waals surface area contributed by atoms with E-state index in [2.05, 4.69) is 5.10 Å². The van der Waals surface area contributed by atoms with Crippen LogP contribution in [0.4, 0.5) is 4.39 Å². The summed E-state index contributed by atoms with van der Waals surface area (Å²) in [6.07, 6.45) is 6.54. The number of hydrogen-bond donors (Lipinski definition) is 0. The molecule has 1 saturated heterocycles. The fraction of sp³-hybridized carbons (Fsp3) is 0.318. The van der Waals surface area contributed by atoms with Crippen molar-refractivity contribution in [1.29, 1.82) is 0 Å². The first-order valence-corrected chi connectivity index (χ1v) is 10.0. The van der Waals surface area contributed by atoms with E-state index >= 15 is 0 Å². The minimum Gasteiger partial charge on any atom is -0.466 e. The maximum absolute atomic E-state index is 13.8. The highest BCUT2D eigenvalue weighted by atomic mass is 19.1. The lowest BCUT2D eigenvalue weighted by Crippen LogP contribution is -2.43. The zero-order valence-corrected chi connectivity index (χ0v) is 16.7. The first-order chi connectivity index (χ1) is 14.6. The molecule has 1 fully saturated rings. The van der Waals surface area contributed by atoms with Crippen molar-refractivity contribution in [3.8, 4) is 11.5 Å². The Balaban J connectivity index is 1.69. The Morgan fingerprint density at radius 2 is 2.03 bits per heavy atom. The van der Waals surface area contributed by atoms with Gasteiger partial charge in [-0.3, -0.25) is 9.59 Å². The van der Waals surface area contributed by atoms with Gasteiger partial charge in [0.1, 0.15) is 11.4 Å². The molecule has 0 radical (unpaired) electrons. The molecule has 1 aromatic carbocycles. The third kappa shape index (κ3) is 3.85. The summed E-state index contributed by atoms with van der Waals surface area (Å²) in [4.78, 5) is 27.2. The van der Waals surface area contributed by atoms with Crippen molar-refractivity contribution in [2.75, 3.05) is 19.7 Å². The van der Waals surface area contributed by atoms with Gasteiger partial charge in [-0.25, -0.2) is 9.07 Å². The predicted octanol–water partition coefficient (Wildman–Crippen LogP) is 3.22. The lowest BCUT2D eigenvalue weighted by molar-refractivity contribution is -0.149. The third-order valence-electron chi connectivity index (χ3n) is 5.20. The third-order valence-corrected chi connectivity index (χ3v) is 5.20. The van der Waals surface area contributed by atoms with Crippen LogP contribution in [0.1, 0.15) is 30.1 Å². The largest absolute Gasteiger partial charge is 0.466 e. The monoisotopic (exact) mass is 410 g/mol. The van der Waals surface area contributed by atoms with E-state index in [1.807, 2.05) is 12.1 Å². The van der Waals surface area contributed by atoms with Crippen LogP contribution in [-0.4, -0.2) is 50.8 Å². The number of ether oxygens (including phenoxy) is 1. The quantitative estimate of drug-likeness (QED) is 0.606. The van der Waals surface area contributed by atoms with Crippen molar-refractivity contribution < 1.29 is 18.7 Å². The van der Waals surface area contributed by atoms with Gasteiger partial charge in [-0.1, -0.05) is 6.07 Å². The second-order valence-electron chi connectivity index (χ2n) is 7.21. The number of amides is 1. The Bertz CT molecular complexity index is 1040. The van der Waals surface area contributed by atoms with E-state index in [0.29, 0.717) is 43.2 Å². The van der Waals surface area contributed by atoms with Crippen LogP contribution >= 0.6 is 0 Å². The fourth-order valence-electron chi connectivity index (χ4n) is 3.80. The van der Waals surface area contributed by atoms with E-state index in [1.54, 1.807) is 45.6 Å².